The molecule has 1 heterocycles. The van der Waals surface area contributed by atoms with E-state index in [-0.39, 0.29) is 17.1 Å². The van der Waals surface area contributed by atoms with E-state index in [0.717, 1.165) is 0 Å². The summed E-state index contributed by atoms with van der Waals surface area (Å²) in [6, 6.07) is 9.40. The van der Waals surface area contributed by atoms with Crippen LogP contribution in [-0.2, 0) is 10.5 Å². The maximum Gasteiger partial charge on any atom is 0.415 e. The Labute approximate surface area is 174 Å². The average molecular weight is 420 g/mol. The number of benzene rings is 2. The number of fused-ring (bicyclic) bond motifs is 1. The largest absolute Gasteiger partial charge is 0.444 e. The maximum atomic E-state index is 14.5. The van der Waals surface area contributed by atoms with Crippen molar-refractivity contribution in [3.05, 3.63) is 65.5 Å². The molecule has 0 saturated carbocycles. The van der Waals surface area contributed by atoms with Crippen molar-refractivity contribution in [2.45, 2.75) is 39.1 Å². The van der Waals surface area contributed by atoms with Gasteiger partial charge in [0.2, 0.25) is 0 Å². The zero-order valence-electron chi connectivity index (χ0n) is 16.8. The van der Waals surface area contributed by atoms with Gasteiger partial charge in [-0.2, -0.15) is 0 Å². The predicted molar refractivity (Wildman–Crippen MR) is 110 cm³/mol. The summed E-state index contributed by atoms with van der Waals surface area (Å²) in [7, 11) is 0. The molecule has 154 valence electrons. The Balaban J connectivity index is 2.00. The summed E-state index contributed by atoms with van der Waals surface area (Å²) in [4.78, 5) is 14.2. The number of rotatable bonds is 4. The summed E-state index contributed by atoms with van der Waals surface area (Å²) in [5, 5.41) is 0.271. The number of anilines is 1. The van der Waals surface area contributed by atoms with Crippen molar-refractivity contribution in [2.75, 3.05) is 11.4 Å². The monoisotopic (exact) mass is 419 g/mol. The second-order valence-corrected chi connectivity index (χ2v) is 8.19. The quantitative estimate of drug-likeness (QED) is 0.566. The molecular formula is C22H23ClFNO4. The van der Waals surface area contributed by atoms with Crippen LogP contribution >= 0.6 is 11.6 Å². The lowest BCUT2D eigenvalue weighted by atomic mass is 10.1. The number of amides is 1. The van der Waals surface area contributed by atoms with Gasteiger partial charge in [-0.3, -0.25) is 4.90 Å². The zero-order valence-corrected chi connectivity index (χ0v) is 17.5. The number of ether oxygens (including phenoxy) is 3. The van der Waals surface area contributed by atoms with E-state index in [1.807, 2.05) is 0 Å². The fourth-order valence-electron chi connectivity index (χ4n) is 3.01. The van der Waals surface area contributed by atoms with Crippen molar-refractivity contribution in [1.82, 2.24) is 0 Å². The standard InChI is InChI=1S/C22H23ClFNO4/c1-6-12-25(20(26)29-21(2,3)4)17-8-7-9-18-19(17)28-22(5,27-18)15-11-10-14(23)13-16(15)24/h6-11,13H,1,12H2,2-5H3. The first kappa shape index (κ1) is 21.0. The minimum Gasteiger partial charge on any atom is -0.444 e. The van der Waals surface area contributed by atoms with Crippen LogP contribution in [0.1, 0.15) is 33.3 Å². The molecule has 0 bridgehead atoms. The normalized spacial score (nSPS) is 17.7. The smallest absolute Gasteiger partial charge is 0.415 e. The first-order valence-corrected chi connectivity index (χ1v) is 9.50. The number of para-hydroxylation sites is 1. The van der Waals surface area contributed by atoms with Gasteiger partial charge in [-0.25, -0.2) is 9.18 Å². The van der Waals surface area contributed by atoms with E-state index in [2.05, 4.69) is 6.58 Å². The number of carbonyl (C=O) groups excluding carboxylic acids is 1. The molecule has 7 heteroatoms. The molecule has 0 aromatic heterocycles. The zero-order chi connectivity index (χ0) is 21.4. The van der Waals surface area contributed by atoms with Gasteiger partial charge in [-0.1, -0.05) is 23.7 Å². The van der Waals surface area contributed by atoms with Gasteiger partial charge >= 0.3 is 6.09 Å². The Hall–Kier alpha value is -2.73. The highest BCUT2D eigenvalue weighted by atomic mass is 35.5. The third-order valence-corrected chi connectivity index (χ3v) is 4.43. The molecule has 1 atom stereocenters. The summed E-state index contributed by atoms with van der Waals surface area (Å²) in [6.45, 7) is 10.9. The van der Waals surface area contributed by atoms with Crippen LogP contribution < -0.4 is 14.4 Å². The first-order valence-electron chi connectivity index (χ1n) is 9.12. The second-order valence-electron chi connectivity index (χ2n) is 7.76. The summed E-state index contributed by atoms with van der Waals surface area (Å²) in [5.41, 5.74) is -0.0430. The molecule has 1 amide bonds. The molecule has 1 aliphatic rings. The molecule has 2 aromatic rings. The molecule has 0 saturated heterocycles. The van der Waals surface area contributed by atoms with E-state index in [0.29, 0.717) is 17.2 Å². The van der Waals surface area contributed by atoms with Crippen LogP contribution in [0.25, 0.3) is 0 Å². The van der Waals surface area contributed by atoms with Crippen molar-refractivity contribution in [2.24, 2.45) is 0 Å². The summed E-state index contributed by atoms with van der Waals surface area (Å²) in [5.74, 6) is -1.26. The van der Waals surface area contributed by atoms with Crippen molar-refractivity contribution in [3.63, 3.8) is 0 Å². The third-order valence-electron chi connectivity index (χ3n) is 4.20. The van der Waals surface area contributed by atoms with Crippen LogP contribution in [0.5, 0.6) is 11.5 Å². The molecule has 0 fully saturated rings. The molecule has 1 aliphatic heterocycles. The minimum atomic E-state index is -1.42. The predicted octanol–water partition coefficient (Wildman–Crippen LogP) is 6.05. The molecule has 0 radical (unpaired) electrons. The molecule has 2 aromatic carbocycles. The van der Waals surface area contributed by atoms with Crippen molar-refractivity contribution in [3.8, 4) is 11.5 Å². The number of hydrogen-bond acceptors (Lipinski definition) is 4. The fourth-order valence-corrected chi connectivity index (χ4v) is 3.17. The van der Waals surface area contributed by atoms with E-state index in [1.54, 1.807) is 58.0 Å². The van der Waals surface area contributed by atoms with Gasteiger partial charge in [0.25, 0.3) is 5.79 Å². The topological polar surface area (TPSA) is 48.0 Å². The average Bonchev–Trinajstić information content (AvgIpc) is 2.95. The van der Waals surface area contributed by atoms with Gasteiger partial charge in [0.15, 0.2) is 11.5 Å². The highest BCUT2D eigenvalue weighted by molar-refractivity contribution is 6.30. The molecule has 5 nitrogen and oxygen atoms in total. The van der Waals surface area contributed by atoms with Crippen LogP contribution in [0.4, 0.5) is 14.9 Å². The van der Waals surface area contributed by atoms with Crippen molar-refractivity contribution in [1.29, 1.82) is 0 Å². The van der Waals surface area contributed by atoms with E-state index in [1.165, 1.54) is 17.0 Å². The number of nitrogens with zero attached hydrogens (tertiary/aromatic N) is 1. The van der Waals surface area contributed by atoms with Gasteiger partial charge < -0.3 is 14.2 Å². The van der Waals surface area contributed by atoms with E-state index >= 15 is 0 Å². The van der Waals surface area contributed by atoms with Gasteiger partial charge in [-0.15, -0.1) is 6.58 Å². The Morgan fingerprint density at radius 1 is 1.31 bits per heavy atom. The van der Waals surface area contributed by atoms with Crippen LogP contribution in [0.3, 0.4) is 0 Å². The highest BCUT2D eigenvalue weighted by Crippen LogP contribution is 2.50. The lowest BCUT2D eigenvalue weighted by molar-refractivity contribution is -0.0705. The van der Waals surface area contributed by atoms with E-state index < -0.39 is 23.3 Å². The lowest BCUT2D eigenvalue weighted by Crippen LogP contribution is -2.37. The fraction of sp³-hybridized carbons (Fsp3) is 0.318. The second kappa shape index (κ2) is 7.59. The Kier molecular flexibility index (Phi) is 5.50. The lowest BCUT2D eigenvalue weighted by Gasteiger charge is -2.28. The summed E-state index contributed by atoms with van der Waals surface area (Å²) < 4.78 is 32.0. The molecule has 29 heavy (non-hydrogen) atoms. The molecule has 0 spiro atoms. The van der Waals surface area contributed by atoms with Crippen LogP contribution in [0.15, 0.2) is 49.1 Å². The van der Waals surface area contributed by atoms with Crippen LogP contribution in [0.2, 0.25) is 5.02 Å². The molecule has 0 N–H and O–H groups in total. The minimum absolute atomic E-state index is 0.191. The first-order chi connectivity index (χ1) is 13.5. The van der Waals surface area contributed by atoms with Gasteiger partial charge in [0, 0.05) is 18.5 Å². The van der Waals surface area contributed by atoms with E-state index in [9.17, 15) is 9.18 Å². The molecule has 1 unspecified atom stereocenters. The summed E-state index contributed by atoms with van der Waals surface area (Å²) >= 11 is 5.86. The van der Waals surface area contributed by atoms with E-state index in [4.69, 9.17) is 25.8 Å². The van der Waals surface area contributed by atoms with Crippen molar-refractivity contribution >= 4 is 23.4 Å². The SMILES string of the molecule is C=CCN(C(=O)OC(C)(C)C)c1cccc2c1OC(C)(c1ccc(Cl)cc1F)O2. The van der Waals surface area contributed by atoms with Crippen LogP contribution in [-0.4, -0.2) is 18.2 Å². The van der Waals surface area contributed by atoms with Crippen LogP contribution in [0, 0.1) is 5.82 Å². The number of carbonyl (C=O) groups is 1. The van der Waals surface area contributed by atoms with Crippen molar-refractivity contribution < 1.29 is 23.4 Å². The Morgan fingerprint density at radius 3 is 2.66 bits per heavy atom. The summed E-state index contributed by atoms with van der Waals surface area (Å²) in [6.07, 6.45) is 1.03. The number of hydrogen-bond donors (Lipinski definition) is 0. The Morgan fingerprint density at radius 2 is 2.03 bits per heavy atom. The maximum absolute atomic E-state index is 14.5. The molecular weight excluding hydrogens is 397 g/mol. The third kappa shape index (κ3) is 4.32. The van der Waals surface area contributed by atoms with Gasteiger partial charge in [0.1, 0.15) is 11.4 Å². The molecule has 3 rings (SSSR count). The highest BCUT2D eigenvalue weighted by Gasteiger charge is 2.43. The Bertz CT molecular complexity index is 956. The molecule has 0 aliphatic carbocycles. The van der Waals surface area contributed by atoms with Gasteiger partial charge in [-0.05, 0) is 51.1 Å². The number of halogens is 2. The van der Waals surface area contributed by atoms with Gasteiger partial charge in [0.05, 0.1) is 11.3 Å².